The monoisotopic (exact) mass is 296 g/mol. The number of carbonyl (C=O) groups is 2. The van der Waals surface area contributed by atoms with Crippen LogP contribution in [0.5, 0.6) is 5.75 Å². The van der Waals surface area contributed by atoms with Crippen molar-refractivity contribution in [2.45, 2.75) is 6.04 Å². The number of amides is 2. The van der Waals surface area contributed by atoms with Crippen LogP contribution in [0.15, 0.2) is 30.3 Å². The Labute approximate surface area is 121 Å². The third-order valence-electron chi connectivity index (χ3n) is 2.82. The van der Waals surface area contributed by atoms with Crippen molar-refractivity contribution in [3.05, 3.63) is 30.3 Å². The van der Waals surface area contributed by atoms with Gasteiger partial charge in [-0.05, 0) is 12.1 Å². The van der Waals surface area contributed by atoms with Crippen molar-refractivity contribution in [2.75, 3.05) is 24.8 Å². The predicted molar refractivity (Wildman–Crippen MR) is 75.9 cm³/mol. The lowest BCUT2D eigenvalue weighted by atomic mass is 10.3. The van der Waals surface area contributed by atoms with Gasteiger partial charge in [0.25, 0.3) is 0 Å². The van der Waals surface area contributed by atoms with Gasteiger partial charge in [-0.2, -0.15) is 0 Å². The lowest BCUT2D eigenvalue weighted by Crippen LogP contribution is -2.47. The SMILES string of the molecule is O=C(O)C1CSCN1C(=O)NCCOc1ccccc1. The molecule has 2 amide bonds. The van der Waals surface area contributed by atoms with E-state index in [4.69, 9.17) is 9.84 Å². The van der Waals surface area contributed by atoms with E-state index in [1.54, 1.807) is 0 Å². The lowest BCUT2D eigenvalue weighted by Gasteiger charge is -2.20. The second-order valence-electron chi connectivity index (χ2n) is 4.22. The Morgan fingerprint density at radius 1 is 1.40 bits per heavy atom. The van der Waals surface area contributed by atoms with Crippen LogP contribution in [0.3, 0.4) is 0 Å². The van der Waals surface area contributed by atoms with Crippen LogP contribution >= 0.6 is 11.8 Å². The Morgan fingerprint density at radius 2 is 2.15 bits per heavy atom. The molecular weight excluding hydrogens is 280 g/mol. The van der Waals surface area contributed by atoms with E-state index in [9.17, 15) is 9.59 Å². The van der Waals surface area contributed by atoms with Gasteiger partial charge in [0.1, 0.15) is 18.4 Å². The molecule has 1 unspecified atom stereocenters. The summed E-state index contributed by atoms with van der Waals surface area (Å²) in [6.45, 7) is 0.676. The summed E-state index contributed by atoms with van der Waals surface area (Å²) in [4.78, 5) is 24.2. The van der Waals surface area contributed by atoms with Crippen LogP contribution in [0.1, 0.15) is 0 Å². The first kappa shape index (κ1) is 14.5. The zero-order chi connectivity index (χ0) is 14.4. The summed E-state index contributed by atoms with van der Waals surface area (Å²) < 4.78 is 5.44. The minimum Gasteiger partial charge on any atom is -0.492 e. The normalized spacial score (nSPS) is 17.8. The molecule has 1 aromatic rings. The molecule has 0 saturated carbocycles. The second-order valence-corrected chi connectivity index (χ2v) is 5.22. The Bertz CT molecular complexity index is 469. The molecule has 108 valence electrons. The fraction of sp³-hybridized carbons (Fsp3) is 0.385. The van der Waals surface area contributed by atoms with Crippen LogP contribution in [0.4, 0.5) is 4.79 Å². The summed E-state index contributed by atoms with van der Waals surface area (Å²) in [7, 11) is 0. The smallest absolute Gasteiger partial charge is 0.327 e. The van der Waals surface area contributed by atoms with Gasteiger partial charge < -0.3 is 20.1 Å². The molecule has 0 spiro atoms. The van der Waals surface area contributed by atoms with Crippen LogP contribution < -0.4 is 10.1 Å². The van der Waals surface area contributed by atoms with Gasteiger partial charge >= 0.3 is 12.0 Å². The highest BCUT2D eigenvalue weighted by atomic mass is 32.2. The quantitative estimate of drug-likeness (QED) is 0.799. The van der Waals surface area contributed by atoms with E-state index >= 15 is 0 Å². The van der Waals surface area contributed by atoms with Crippen LogP contribution in [0, 0.1) is 0 Å². The van der Waals surface area contributed by atoms with Gasteiger partial charge in [0.05, 0.1) is 12.4 Å². The second kappa shape index (κ2) is 7.04. The molecule has 1 heterocycles. The van der Waals surface area contributed by atoms with Crippen molar-refractivity contribution in [1.29, 1.82) is 0 Å². The first-order chi connectivity index (χ1) is 9.68. The maximum absolute atomic E-state index is 11.9. The zero-order valence-electron chi connectivity index (χ0n) is 10.8. The predicted octanol–water partition coefficient (Wildman–Crippen LogP) is 1.23. The van der Waals surface area contributed by atoms with E-state index in [-0.39, 0.29) is 6.03 Å². The molecule has 0 radical (unpaired) electrons. The van der Waals surface area contributed by atoms with E-state index in [1.165, 1.54) is 16.7 Å². The number of carboxylic acids is 1. The molecule has 1 fully saturated rings. The highest BCUT2D eigenvalue weighted by Crippen LogP contribution is 2.20. The van der Waals surface area contributed by atoms with Gasteiger partial charge in [-0.15, -0.1) is 11.8 Å². The molecule has 0 aromatic heterocycles. The first-order valence-electron chi connectivity index (χ1n) is 6.21. The van der Waals surface area contributed by atoms with Crippen molar-refractivity contribution in [2.24, 2.45) is 0 Å². The molecule has 2 N–H and O–H groups in total. The number of para-hydroxylation sites is 1. The lowest BCUT2D eigenvalue weighted by molar-refractivity contribution is -0.140. The molecular formula is C13H16N2O4S. The molecule has 1 aromatic carbocycles. The Kier molecular flexibility index (Phi) is 5.11. The molecule has 1 atom stereocenters. The molecule has 20 heavy (non-hydrogen) atoms. The van der Waals surface area contributed by atoms with E-state index in [0.717, 1.165) is 5.75 Å². The molecule has 6 nitrogen and oxygen atoms in total. The fourth-order valence-electron chi connectivity index (χ4n) is 1.79. The maximum atomic E-state index is 11.9. The van der Waals surface area contributed by atoms with E-state index in [2.05, 4.69) is 5.32 Å². The molecule has 0 aliphatic carbocycles. The van der Waals surface area contributed by atoms with Gasteiger partial charge in [-0.25, -0.2) is 9.59 Å². The summed E-state index contributed by atoms with van der Waals surface area (Å²) in [5.74, 6) is 0.610. The van der Waals surface area contributed by atoms with Crippen molar-refractivity contribution in [3.8, 4) is 5.75 Å². The largest absolute Gasteiger partial charge is 0.492 e. The van der Waals surface area contributed by atoms with Gasteiger partial charge in [-0.3, -0.25) is 0 Å². The average Bonchev–Trinajstić information content (AvgIpc) is 2.94. The molecule has 1 aliphatic heterocycles. The van der Waals surface area contributed by atoms with E-state index < -0.39 is 12.0 Å². The highest BCUT2D eigenvalue weighted by molar-refractivity contribution is 7.99. The first-order valence-corrected chi connectivity index (χ1v) is 7.37. The minimum atomic E-state index is -0.967. The third-order valence-corrected chi connectivity index (χ3v) is 3.83. The molecule has 1 aliphatic rings. The summed E-state index contributed by atoms with van der Waals surface area (Å²) in [6, 6.07) is 8.19. The number of ether oxygens (including phenoxy) is 1. The van der Waals surface area contributed by atoms with Gasteiger partial charge in [0.2, 0.25) is 0 Å². The minimum absolute atomic E-state index is 0.335. The van der Waals surface area contributed by atoms with E-state index in [1.807, 2.05) is 30.3 Å². The van der Waals surface area contributed by atoms with Crippen LogP contribution in [0.2, 0.25) is 0 Å². The number of hydrogen-bond donors (Lipinski definition) is 2. The van der Waals surface area contributed by atoms with Crippen LogP contribution in [-0.4, -0.2) is 52.8 Å². The highest BCUT2D eigenvalue weighted by Gasteiger charge is 2.34. The van der Waals surface area contributed by atoms with Crippen molar-refractivity contribution in [3.63, 3.8) is 0 Å². The van der Waals surface area contributed by atoms with Gasteiger partial charge in [0, 0.05) is 5.75 Å². The van der Waals surface area contributed by atoms with Gasteiger partial charge in [-0.1, -0.05) is 18.2 Å². The fourth-order valence-corrected chi connectivity index (χ4v) is 2.94. The number of carbonyl (C=O) groups excluding carboxylic acids is 1. The number of thioether (sulfide) groups is 1. The summed E-state index contributed by atoms with van der Waals surface area (Å²) in [5, 5.41) is 11.7. The van der Waals surface area contributed by atoms with Crippen molar-refractivity contribution < 1.29 is 19.4 Å². The number of rotatable bonds is 5. The molecule has 0 bridgehead atoms. The topological polar surface area (TPSA) is 78.9 Å². The Morgan fingerprint density at radius 3 is 2.85 bits per heavy atom. The number of carboxylic acid groups (broad SMARTS) is 1. The standard InChI is InChI=1S/C13H16N2O4S/c16-12(17)11-8-20-9-15(11)13(18)14-6-7-19-10-4-2-1-3-5-10/h1-5,11H,6-9H2,(H,14,18)(H,16,17). The number of nitrogens with zero attached hydrogens (tertiary/aromatic N) is 1. The number of urea groups is 1. The number of benzene rings is 1. The third kappa shape index (κ3) is 3.80. The zero-order valence-corrected chi connectivity index (χ0v) is 11.6. The summed E-state index contributed by atoms with van der Waals surface area (Å²) >= 11 is 1.44. The van der Waals surface area contributed by atoms with Crippen molar-refractivity contribution >= 4 is 23.8 Å². The Balaban J connectivity index is 1.71. The maximum Gasteiger partial charge on any atom is 0.327 e. The van der Waals surface area contributed by atoms with Crippen LogP contribution in [0.25, 0.3) is 0 Å². The van der Waals surface area contributed by atoms with E-state index in [0.29, 0.717) is 24.8 Å². The molecule has 1 saturated heterocycles. The summed E-state index contributed by atoms with van der Waals surface area (Å²) in [5.41, 5.74) is 0. The van der Waals surface area contributed by atoms with Crippen molar-refractivity contribution in [1.82, 2.24) is 10.2 Å². The molecule has 7 heteroatoms. The van der Waals surface area contributed by atoms with Gasteiger partial charge in [0.15, 0.2) is 0 Å². The summed E-state index contributed by atoms with van der Waals surface area (Å²) in [6.07, 6.45) is 0. The molecule has 2 rings (SSSR count). The number of hydrogen-bond acceptors (Lipinski definition) is 4. The Hall–Kier alpha value is -1.89. The number of aliphatic carboxylic acids is 1. The van der Waals surface area contributed by atoms with Crippen LogP contribution in [-0.2, 0) is 4.79 Å². The number of nitrogens with one attached hydrogen (secondary N) is 1. The average molecular weight is 296 g/mol.